The fourth-order valence-corrected chi connectivity index (χ4v) is 6.04. The average Bonchev–Trinajstić information content (AvgIpc) is 2.70. The largest absolute Gasteiger partial charge is 0.378 e. The van der Waals surface area contributed by atoms with Crippen molar-refractivity contribution >= 4 is 10.9 Å². The van der Waals surface area contributed by atoms with Gasteiger partial charge in [0.2, 0.25) is 0 Å². The van der Waals surface area contributed by atoms with Crippen LogP contribution in [-0.4, -0.2) is 18.5 Å². The van der Waals surface area contributed by atoms with Gasteiger partial charge in [0.1, 0.15) is 17.3 Å². The zero-order chi connectivity index (χ0) is 17.9. The minimum Gasteiger partial charge on any atom is -0.378 e. The zero-order valence-electron chi connectivity index (χ0n) is 15.9. The Morgan fingerprint density at radius 1 is 0.769 bits per heavy atom. The number of unbranched alkanes of at least 4 members (excludes halogenated alkanes) is 2. The molecule has 2 aromatic carbocycles. The van der Waals surface area contributed by atoms with E-state index in [2.05, 4.69) is 60.7 Å². The molecule has 0 bridgehead atoms. The average molecular weight is 370 g/mol. The third-order valence-electron chi connectivity index (χ3n) is 5.16. The molecule has 0 amide bonds. The van der Waals surface area contributed by atoms with Gasteiger partial charge in [-0.05, 0) is 49.4 Å². The standard InChI is InChI=1S/C24H33OS/c1-4-12-22(13-5-1)20-26(21-23-14-6-2-7-15-23)19-11-3-8-16-24-17-9-10-18-25-24/h1-2,4-7,12-15,24H,3,8-11,16-21H2/q+1. The minimum atomic E-state index is 0.434. The first kappa shape index (κ1) is 19.5. The third-order valence-corrected chi connectivity index (χ3v) is 7.51. The first-order valence-corrected chi connectivity index (χ1v) is 12.0. The summed E-state index contributed by atoms with van der Waals surface area (Å²) in [4.78, 5) is 0. The smallest absolute Gasteiger partial charge is 0.133 e. The summed E-state index contributed by atoms with van der Waals surface area (Å²) in [6, 6.07) is 22.0. The predicted molar refractivity (Wildman–Crippen MR) is 115 cm³/mol. The molecule has 1 nitrogen and oxygen atoms in total. The highest BCUT2D eigenvalue weighted by Crippen LogP contribution is 2.20. The van der Waals surface area contributed by atoms with Crippen LogP contribution in [-0.2, 0) is 27.1 Å². The summed E-state index contributed by atoms with van der Waals surface area (Å²) < 4.78 is 5.87. The van der Waals surface area contributed by atoms with E-state index in [-0.39, 0.29) is 0 Å². The maximum Gasteiger partial charge on any atom is 0.133 e. The van der Waals surface area contributed by atoms with E-state index in [1.54, 1.807) is 0 Å². The molecule has 0 saturated carbocycles. The second-order valence-corrected chi connectivity index (χ2v) is 9.62. The fraction of sp³-hybridized carbons (Fsp3) is 0.500. The molecule has 2 heteroatoms. The fourth-order valence-electron chi connectivity index (χ4n) is 3.71. The van der Waals surface area contributed by atoms with E-state index in [9.17, 15) is 0 Å². The van der Waals surface area contributed by atoms with Crippen LogP contribution in [0.3, 0.4) is 0 Å². The highest BCUT2D eigenvalue weighted by molar-refractivity contribution is 7.95. The maximum absolute atomic E-state index is 5.87. The van der Waals surface area contributed by atoms with Crippen LogP contribution in [0.1, 0.15) is 56.1 Å². The van der Waals surface area contributed by atoms with Crippen molar-refractivity contribution in [3.05, 3.63) is 71.8 Å². The molecule has 1 saturated heterocycles. The van der Waals surface area contributed by atoms with Crippen molar-refractivity contribution in [2.24, 2.45) is 0 Å². The first-order valence-electron chi connectivity index (χ1n) is 10.2. The Morgan fingerprint density at radius 2 is 1.42 bits per heavy atom. The van der Waals surface area contributed by atoms with Crippen LogP contribution in [0.5, 0.6) is 0 Å². The van der Waals surface area contributed by atoms with Gasteiger partial charge in [0.05, 0.1) is 6.10 Å². The van der Waals surface area contributed by atoms with Crippen LogP contribution in [0, 0.1) is 0 Å². The maximum atomic E-state index is 5.87. The van der Waals surface area contributed by atoms with E-state index in [0.29, 0.717) is 17.0 Å². The second kappa shape index (κ2) is 11.5. The summed E-state index contributed by atoms with van der Waals surface area (Å²) in [6.45, 7) is 0.988. The molecule has 0 spiro atoms. The molecular weight excluding hydrogens is 336 g/mol. The Kier molecular flexibility index (Phi) is 8.60. The minimum absolute atomic E-state index is 0.434. The van der Waals surface area contributed by atoms with Crippen molar-refractivity contribution in [3.63, 3.8) is 0 Å². The lowest BCUT2D eigenvalue weighted by Gasteiger charge is -2.22. The summed E-state index contributed by atoms with van der Waals surface area (Å²) >= 11 is 0. The Bertz CT molecular complexity index is 551. The molecule has 0 aliphatic carbocycles. The molecule has 1 unspecified atom stereocenters. The van der Waals surface area contributed by atoms with E-state index >= 15 is 0 Å². The number of benzene rings is 2. The van der Waals surface area contributed by atoms with Gasteiger partial charge in [0, 0.05) is 17.7 Å². The summed E-state index contributed by atoms with van der Waals surface area (Å²) in [5.74, 6) is 3.80. The van der Waals surface area contributed by atoms with Gasteiger partial charge in [0.25, 0.3) is 0 Å². The monoisotopic (exact) mass is 369 g/mol. The van der Waals surface area contributed by atoms with E-state index in [1.165, 1.54) is 73.3 Å². The molecule has 2 aromatic rings. The van der Waals surface area contributed by atoms with Crippen LogP contribution in [0.25, 0.3) is 0 Å². The number of hydrogen-bond acceptors (Lipinski definition) is 1. The highest BCUT2D eigenvalue weighted by Gasteiger charge is 2.19. The van der Waals surface area contributed by atoms with Crippen LogP contribution < -0.4 is 0 Å². The summed E-state index contributed by atoms with van der Waals surface area (Å²) in [6.07, 6.45) is 9.77. The van der Waals surface area contributed by atoms with E-state index in [1.807, 2.05) is 0 Å². The van der Waals surface area contributed by atoms with Crippen molar-refractivity contribution in [2.45, 2.75) is 62.6 Å². The summed E-state index contributed by atoms with van der Waals surface area (Å²) in [7, 11) is 0.434. The second-order valence-electron chi connectivity index (χ2n) is 7.41. The number of rotatable bonds is 10. The lowest BCUT2D eigenvalue weighted by Crippen LogP contribution is -2.18. The van der Waals surface area contributed by atoms with Gasteiger partial charge in [-0.15, -0.1) is 0 Å². The molecule has 26 heavy (non-hydrogen) atoms. The van der Waals surface area contributed by atoms with Gasteiger partial charge >= 0.3 is 0 Å². The van der Waals surface area contributed by atoms with E-state index in [4.69, 9.17) is 4.74 Å². The van der Waals surface area contributed by atoms with Gasteiger partial charge in [-0.25, -0.2) is 0 Å². The Hall–Kier alpha value is -1.25. The number of ether oxygens (including phenoxy) is 1. The van der Waals surface area contributed by atoms with Crippen molar-refractivity contribution in [3.8, 4) is 0 Å². The lowest BCUT2D eigenvalue weighted by molar-refractivity contribution is 0.00985. The van der Waals surface area contributed by atoms with Gasteiger partial charge in [-0.1, -0.05) is 67.1 Å². The topological polar surface area (TPSA) is 9.23 Å². The summed E-state index contributed by atoms with van der Waals surface area (Å²) in [5.41, 5.74) is 2.98. The molecule has 0 aromatic heterocycles. The van der Waals surface area contributed by atoms with Crippen LogP contribution in [0.4, 0.5) is 0 Å². The quantitative estimate of drug-likeness (QED) is 0.361. The molecule has 1 atom stereocenters. The highest BCUT2D eigenvalue weighted by atomic mass is 32.2. The van der Waals surface area contributed by atoms with Gasteiger partial charge < -0.3 is 4.74 Å². The van der Waals surface area contributed by atoms with Gasteiger partial charge in [-0.2, -0.15) is 0 Å². The summed E-state index contributed by atoms with van der Waals surface area (Å²) in [5, 5.41) is 0. The van der Waals surface area contributed by atoms with Crippen molar-refractivity contribution in [1.82, 2.24) is 0 Å². The van der Waals surface area contributed by atoms with Crippen LogP contribution in [0.2, 0.25) is 0 Å². The Morgan fingerprint density at radius 3 is 2.00 bits per heavy atom. The molecule has 1 aliphatic heterocycles. The Balaban J connectivity index is 1.43. The lowest BCUT2D eigenvalue weighted by atomic mass is 10.0. The zero-order valence-corrected chi connectivity index (χ0v) is 16.8. The van der Waals surface area contributed by atoms with Crippen molar-refractivity contribution in [1.29, 1.82) is 0 Å². The van der Waals surface area contributed by atoms with E-state index < -0.39 is 0 Å². The predicted octanol–water partition coefficient (Wildman–Crippen LogP) is 6.13. The molecule has 1 heterocycles. The van der Waals surface area contributed by atoms with E-state index in [0.717, 1.165) is 6.61 Å². The molecule has 1 fully saturated rings. The molecule has 0 radical (unpaired) electrons. The molecule has 140 valence electrons. The van der Waals surface area contributed by atoms with Crippen LogP contribution >= 0.6 is 0 Å². The van der Waals surface area contributed by atoms with Gasteiger partial charge in [-0.3, -0.25) is 0 Å². The Labute approximate surface area is 162 Å². The van der Waals surface area contributed by atoms with Crippen molar-refractivity contribution < 1.29 is 4.74 Å². The molecular formula is C24H33OS+. The molecule has 3 rings (SSSR count). The SMILES string of the molecule is c1ccc(C[S+](CCCCCC2CCCCO2)Cc2ccccc2)cc1. The molecule has 0 N–H and O–H groups in total. The molecule has 1 aliphatic rings. The number of hydrogen-bond donors (Lipinski definition) is 0. The third kappa shape index (κ3) is 7.17. The van der Waals surface area contributed by atoms with Gasteiger partial charge in [0.15, 0.2) is 0 Å². The van der Waals surface area contributed by atoms with Crippen molar-refractivity contribution in [2.75, 3.05) is 12.4 Å². The van der Waals surface area contributed by atoms with Crippen LogP contribution in [0.15, 0.2) is 60.7 Å². The normalized spacial score (nSPS) is 17.5. The first-order chi connectivity index (χ1) is 12.9.